The topological polar surface area (TPSA) is 26.3 Å². The molecule has 1 aromatic carbocycles. The number of carbonyl (C=O) groups excluding carboxylic acids is 1. The number of carbonyl (C=O) groups is 1. The second kappa shape index (κ2) is 5.81. The first-order valence-corrected chi connectivity index (χ1v) is 3.56. The summed E-state index contributed by atoms with van der Waals surface area (Å²) in [7, 11) is 0. The van der Waals surface area contributed by atoms with Gasteiger partial charge in [-0.3, -0.25) is 0 Å². The summed E-state index contributed by atoms with van der Waals surface area (Å²) in [5.41, 5.74) is 0.606. The fourth-order valence-corrected chi connectivity index (χ4v) is 0.789. The molecule has 0 fully saturated rings. The normalized spacial score (nSPS) is 8.42. The van der Waals surface area contributed by atoms with Crippen LogP contribution in [0.25, 0.3) is 0 Å². The molecule has 1 aromatic rings. The van der Waals surface area contributed by atoms with Crippen LogP contribution in [0.4, 0.5) is 0 Å². The molecular formula is C9H10FeO2. The molecule has 0 aliphatic carbocycles. The quantitative estimate of drug-likeness (QED) is 0.545. The van der Waals surface area contributed by atoms with Gasteiger partial charge in [0.05, 0.1) is 12.2 Å². The van der Waals surface area contributed by atoms with Crippen molar-refractivity contribution in [2.45, 2.75) is 6.92 Å². The van der Waals surface area contributed by atoms with Gasteiger partial charge in [-0.2, -0.15) is 0 Å². The zero-order chi connectivity index (χ0) is 8.10. The summed E-state index contributed by atoms with van der Waals surface area (Å²) < 4.78 is 4.79. The summed E-state index contributed by atoms with van der Waals surface area (Å²) in [6.45, 7) is 2.22. The van der Waals surface area contributed by atoms with Gasteiger partial charge < -0.3 is 4.74 Å². The van der Waals surface area contributed by atoms with Crippen molar-refractivity contribution >= 4 is 5.97 Å². The van der Waals surface area contributed by atoms with Crippen LogP contribution in [0, 0.1) is 0 Å². The van der Waals surface area contributed by atoms with Crippen molar-refractivity contribution in [1.82, 2.24) is 0 Å². The molecule has 0 saturated carbocycles. The third-order valence-electron chi connectivity index (χ3n) is 1.28. The SMILES string of the molecule is CCOC(=O)c1ccccc1.[Fe]. The van der Waals surface area contributed by atoms with Gasteiger partial charge in [-0.05, 0) is 19.1 Å². The van der Waals surface area contributed by atoms with E-state index in [1.54, 1.807) is 19.1 Å². The predicted octanol–water partition coefficient (Wildman–Crippen LogP) is 1.86. The van der Waals surface area contributed by atoms with Gasteiger partial charge in [-0.25, -0.2) is 4.79 Å². The Labute approximate surface area is 82.4 Å². The third kappa shape index (κ3) is 3.07. The Balaban J connectivity index is 0.00000121. The van der Waals surface area contributed by atoms with E-state index >= 15 is 0 Å². The predicted molar refractivity (Wildman–Crippen MR) is 42.4 cm³/mol. The number of rotatable bonds is 2. The van der Waals surface area contributed by atoms with E-state index in [2.05, 4.69) is 0 Å². The molecule has 1 rings (SSSR count). The largest absolute Gasteiger partial charge is 0.462 e. The van der Waals surface area contributed by atoms with E-state index in [0.717, 1.165) is 0 Å². The van der Waals surface area contributed by atoms with Crippen molar-refractivity contribution in [3.8, 4) is 0 Å². The van der Waals surface area contributed by atoms with E-state index < -0.39 is 0 Å². The molecule has 0 atom stereocenters. The molecule has 0 aliphatic rings. The van der Waals surface area contributed by atoms with E-state index in [1.807, 2.05) is 18.2 Å². The van der Waals surface area contributed by atoms with E-state index in [4.69, 9.17) is 4.74 Å². The van der Waals surface area contributed by atoms with Crippen molar-refractivity contribution in [3.63, 3.8) is 0 Å². The van der Waals surface area contributed by atoms with Gasteiger partial charge in [0.2, 0.25) is 0 Å². The van der Waals surface area contributed by atoms with Crippen LogP contribution in [-0.4, -0.2) is 12.6 Å². The second-order valence-corrected chi connectivity index (χ2v) is 2.09. The summed E-state index contributed by atoms with van der Waals surface area (Å²) >= 11 is 0. The molecule has 0 bridgehead atoms. The fourth-order valence-electron chi connectivity index (χ4n) is 0.789. The first-order valence-electron chi connectivity index (χ1n) is 3.56. The Morgan fingerprint density at radius 2 is 1.92 bits per heavy atom. The van der Waals surface area contributed by atoms with Crippen LogP contribution >= 0.6 is 0 Å². The van der Waals surface area contributed by atoms with Gasteiger partial charge in [-0.15, -0.1) is 0 Å². The third-order valence-corrected chi connectivity index (χ3v) is 1.28. The van der Waals surface area contributed by atoms with E-state index in [1.165, 1.54) is 0 Å². The summed E-state index contributed by atoms with van der Waals surface area (Å²) in [6, 6.07) is 8.96. The van der Waals surface area contributed by atoms with Gasteiger partial charge in [-0.1, -0.05) is 18.2 Å². The first kappa shape index (κ1) is 11.2. The monoisotopic (exact) mass is 206 g/mol. The zero-order valence-corrected chi connectivity index (χ0v) is 7.87. The molecule has 0 aromatic heterocycles. The summed E-state index contributed by atoms with van der Waals surface area (Å²) in [5, 5.41) is 0. The summed E-state index contributed by atoms with van der Waals surface area (Å²) in [4.78, 5) is 11.0. The van der Waals surface area contributed by atoms with Crippen molar-refractivity contribution in [3.05, 3.63) is 35.9 Å². The molecule has 0 heterocycles. The Kier molecular flexibility index (Phi) is 5.43. The van der Waals surface area contributed by atoms with Gasteiger partial charge in [0.1, 0.15) is 0 Å². The molecule has 0 radical (unpaired) electrons. The van der Waals surface area contributed by atoms with Gasteiger partial charge >= 0.3 is 5.97 Å². The van der Waals surface area contributed by atoms with Crippen molar-refractivity contribution in [2.24, 2.45) is 0 Å². The molecule has 0 unspecified atom stereocenters. The molecule has 0 saturated heterocycles. The average Bonchev–Trinajstić information content (AvgIpc) is 2.07. The summed E-state index contributed by atoms with van der Waals surface area (Å²) in [6.07, 6.45) is 0. The van der Waals surface area contributed by atoms with Crippen LogP contribution in [0.1, 0.15) is 17.3 Å². The van der Waals surface area contributed by atoms with Crippen LogP contribution in [0.5, 0.6) is 0 Å². The first-order chi connectivity index (χ1) is 5.34. The van der Waals surface area contributed by atoms with Crippen LogP contribution in [0.15, 0.2) is 30.3 Å². The van der Waals surface area contributed by atoms with Crippen LogP contribution < -0.4 is 0 Å². The zero-order valence-electron chi connectivity index (χ0n) is 6.76. The number of esters is 1. The molecular weight excluding hydrogens is 196 g/mol. The van der Waals surface area contributed by atoms with Gasteiger partial charge in [0.15, 0.2) is 0 Å². The molecule has 0 N–H and O–H groups in total. The minimum absolute atomic E-state index is 0. The Hall–Kier alpha value is -0.791. The van der Waals surface area contributed by atoms with Crippen molar-refractivity contribution < 1.29 is 26.6 Å². The minimum Gasteiger partial charge on any atom is -0.462 e. The van der Waals surface area contributed by atoms with Crippen LogP contribution in [0.3, 0.4) is 0 Å². The smallest absolute Gasteiger partial charge is 0.338 e. The standard InChI is InChI=1S/C9H10O2.Fe/c1-2-11-9(10)8-6-4-3-5-7-8;/h3-7H,2H2,1H3;. The average molecular weight is 206 g/mol. The fraction of sp³-hybridized carbons (Fsp3) is 0.222. The second-order valence-electron chi connectivity index (χ2n) is 2.09. The molecule has 0 amide bonds. The maximum absolute atomic E-state index is 11.0. The van der Waals surface area contributed by atoms with E-state index in [9.17, 15) is 4.79 Å². The number of hydrogen-bond donors (Lipinski definition) is 0. The molecule has 0 aliphatic heterocycles. The maximum atomic E-state index is 11.0. The molecule has 66 valence electrons. The van der Waals surface area contributed by atoms with Crippen LogP contribution in [0.2, 0.25) is 0 Å². The summed E-state index contributed by atoms with van der Waals surface area (Å²) in [5.74, 6) is -0.256. The van der Waals surface area contributed by atoms with Crippen molar-refractivity contribution in [2.75, 3.05) is 6.61 Å². The number of ether oxygens (including phenoxy) is 1. The number of hydrogen-bond acceptors (Lipinski definition) is 2. The number of benzene rings is 1. The van der Waals surface area contributed by atoms with Crippen LogP contribution in [-0.2, 0) is 21.8 Å². The maximum Gasteiger partial charge on any atom is 0.338 e. The van der Waals surface area contributed by atoms with E-state index in [-0.39, 0.29) is 23.0 Å². The van der Waals surface area contributed by atoms with E-state index in [0.29, 0.717) is 12.2 Å². The molecule has 3 heteroatoms. The Morgan fingerprint density at radius 1 is 1.33 bits per heavy atom. The minimum atomic E-state index is -0.256. The van der Waals surface area contributed by atoms with Gasteiger partial charge in [0, 0.05) is 17.1 Å². The molecule has 2 nitrogen and oxygen atoms in total. The molecule has 0 spiro atoms. The Bertz CT molecular complexity index is 234. The molecule has 12 heavy (non-hydrogen) atoms. The Morgan fingerprint density at radius 3 is 2.42 bits per heavy atom. The van der Waals surface area contributed by atoms with Gasteiger partial charge in [0.25, 0.3) is 0 Å². The van der Waals surface area contributed by atoms with Crippen molar-refractivity contribution in [1.29, 1.82) is 0 Å².